The van der Waals surface area contributed by atoms with Crippen LogP contribution >= 0.6 is 0 Å². The molecule has 0 bridgehead atoms. The van der Waals surface area contributed by atoms with Crippen LogP contribution in [-0.2, 0) is 9.53 Å². The molecule has 1 rings (SSSR count). The maximum absolute atomic E-state index is 11.0. The van der Waals surface area contributed by atoms with Crippen LogP contribution in [0, 0.1) is 0 Å². The molecular weight excluding hydrogens is 222 g/mol. The first-order valence-corrected chi connectivity index (χ1v) is 5.27. The third-order valence-corrected chi connectivity index (χ3v) is 2.24. The molecule has 5 heteroatoms. The van der Waals surface area contributed by atoms with Crippen molar-refractivity contribution in [2.24, 2.45) is 5.73 Å². The van der Waals surface area contributed by atoms with Crippen molar-refractivity contribution < 1.29 is 19.0 Å². The van der Waals surface area contributed by atoms with Gasteiger partial charge in [0.05, 0.1) is 20.8 Å². The summed E-state index contributed by atoms with van der Waals surface area (Å²) in [7, 11) is 2.90. The van der Waals surface area contributed by atoms with Crippen LogP contribution in [0.15, 0.2) is 24.3 Å². The number of carbonyl (C=O) groups is 1. The van der Waals surface area contributed by atoms with Crippen molar-refractivity contribution >= 4 is 5.97 Å². The molecule has 0 saturated carbocycles. The van der Waals surface area contributed by atoms with Crippen molar-refractivity contribution in [1.82, 2.24) is 0 Å². The summed E-state index contributed by atoms with van der Waals surface area (Å²) in [6, 6.07) is 6.59. The number of hydrogen-bond donors (Lipinski definition) is 1. The van der Waals surface area contributed by atoms with E-state index in [1.807, 2.05) is 18.2 Å². The topological polar surface area (TPSA) is 70.8 Å². The first-order chi connectivity index (χ1) is 8.17. The van der Waals surface area contributed by atoms with Gasteiger partial charge >= 0.3 is 5.97 Å². The average molecular weight is 239 g/mol. The second kappa shape index (κ2) is 6.75. The van der Waals surface area contributed by atoms with Crippen molar-refractivity contribution in [3.8, 4) is 11.5 Å². The SMILES string of the molecule is COC(=O)C(N)CCOc1cccc(OC)c1. The van der Waals surface area contributed by atoms with Gasteiger partial charge in [-0.3, -0.25) is 4.79 Å². The van der Waals surface area contributed by atoms with Crippen LogP contribution in [0.2, 0.25) is 0 Å². The maximum Gasteiger partial charge on any atom is 0.322 e. The summed E-state index contributed by atoms with van der Waals surface area (Å²) in [5.74, 6) is 0.973. The highest BCUT2D eigenvalue weighted by atomic mass is 16.5. The summed E-state index contributed by atoms with van der Waals surface area (Å²) < 4.78 is 15.0. The van der Waals surface area contributed by atoms with E-state index >= 15 is 0 Å². The fourth-order valence-electron chi connectivity index (χ4n) is 1.26. The van der Waals surface area contributed by atoms with Gasteiger partial charge < -0.3 is 19.9 Å². The van der Waals surface area contributed by atoms with E-state index in [1.165, 1.54) is 7.11 Å². The molecule has 1 unspecified atom stereocenters. The van der Waals surface area contributed by atoms with Gasteiger partial charge in [0, 0.05) is 12.5 Å². The zero-order chi connectivity index (χ0) is 12.7. The summed E-state index contributed by atoms with van der Waals surface area (Å²) in [4.78, 5) is 11.0. The third-order valence-electron chi connectivity index (χ3n) is 2.24. The summed E-state index contributed by atoms with van der Waals surface area (Å²) in [6.07, 6.45) is 0.407. The van der Waals surface area contributed by atoms with Gasteiger partial charge in [0.15, 0.2) is 0 Å². The number of methoxy groups -OCH3 is 2. The third kappa shape index (κ3) is 4.32. The van der Waals surface area contributed by atoms with Gasteiger partial charge in [0.25, 0.3) is 0 Å². The second-order valence-electron chi connectivity index (χ2n) is 3.45. The Labute approximate surface area is 100 Å². The van der Waals surface area contributed by atoms with Crippen molar-refractivity contribution in [1.29, 1.82) is 0 Å². The van der Waals surface area contributed by atoms with Crippen LogP contribution in [-0.4, -0.2) is 32.8 Å². The molecule has 0 radical (unpaired) electrons. The minimum atomic E-state index is -0.648. The van der Waals surface area contributed by atoms with Crippen molar-refractivity contribution in [3.05, 3.63) is 24.3 Å². The number of benzene rings is 1. The Balaban J connectivity index is 2.37. The van der Waals surface area contributed by atoms with Crippen LogP contribution in [0.4, 0.5) is 0 Å². The molecule has 1 atom stereocenters. The van der Waals surface area contributed by atoms with E-state index < -0.39 is 12.0 Å². The number of carbonyl (C=O) groups excluding carboxylic acids is 1. The van der Waals surface area contributed by atoms with Gasteiger partial charge in [-0.25, -0.2) is 0 Å². The molecule has 5 nitrogen and oxygen atoms in total. The minimum absolute atomic E-state index is 0.351. The van der Waals surface area contributed by atoms with Gasteiger partial charge in [-0.15, -0.1) is 0 Å². The maximum atomic E-state index is 11.0. The van der Waals surface area contributed by atoms with E-state index in [-0.39, 0.29) is 0 Å². The fourth-order valence-corrected chi connectivity index (χ4v) is 1.26. The highest BCUT2D eigenvalue weighted by Gasteiger charge is 2.13. The first-order valence-electron chi connectivity index (χ1n) is 5.27. The molecule has 0 aromatic heterocycles. The van der Waals surface area contributed by atoms with Gasteiger partial charge in [-0.2, -0.15) is 0 Å². The molecular formula is C12H17NO4. The highest BCUT2D eigenvalue weighted by Crippen LogP contribution is 2.18. The molecule has 94 valence electrons. The lowest BCUT2D eigenvalue weighted by molar-refractivity contribution is -0.142. The molecule has 0 aliphatic heterocycles. The summed E-state index contributed by atoms with van der Waals surface area (Å²) in [6.45, 7) is 0.351. The number of rotatable bonds is 6. The summed E-state index contributed by atoms with van der Waals surface area (Å²) >= 11 is 0. The predicted octanol–water partition coefficient (Wildman–Crippen LogP) is 0.964. The molecule has 0 spiro atoms. The Kier molecular flexibility index (Phi) is 5.29. The van der Waals surface area contributed by atoms with E-state index in [4.69, 9.17) is 15.2 Å². The summed E-state index contributed by atoms with van der Waals surface area (Å²) in [5, 5.41) is 0. The molecule has 1 aromatic rings. The molecule has 0 fully saturated rings. The number of ether oxygens (including phenoxy) is 3. The van der Waals surface area contributed by atoms with Gasteiger partial charge in [-0.05, 0) is 12.1 Å². The molecule has 0 aliphatic carbocycles. The molecule has 17 heavy (non-hydrogen) atoms. The van der Waals surface area contributed by atoms with Crippen LogP contribution in [0.1, 0.15) is 6.42 Å². The fraction of sp³-hybridized carbons (Fsp3) is 0.417. The van der Waals surface area contributed by atoms with E-state index in [2.05, 4.69) is 4.74 Å². The van der Waals surface area contributed by atoms with Crippen molar-refractivity contribution in [3.63, 3.8) is 0 Å². The largest absolute Gasteiger partial charge is 0.497 e. The minimum Gasteiger partial charge on any atom is -0.497 e. The van der Waals surface area contributed by atoms with Crippen molar-refractivity contribution in [2.45, 2.75) is 12.5 Å². The number of nitrogens with two attached hydrogens (primary N) is 1. The van der Waals surface area contributed by atoms with Gasteiger partial charge in [-0.1, -0.05) is 6.07 Å². The van der Waals surface area contributed by atoms with Crippen LogP contribution in [0.5, 0.6) is 11.5 Å². The van der Waals surface area contributed by atoms with E-state index in [9.17, 15) is 4.79 Å². The Morgan fingerprint density at radius 2 is 2.06 bits per heavy atom. The molecule has 0 saturated heterocycles. The van der Waals surface area contributed by atoms with Crippen LogP contribution < -0.4 is 15.2 Å². The van der Waals surface area contributed by atoms with Crippen molar-refractivity contribution in [2.75, 3.05) is 20.8 Å². The van der Waals surface area contributed by atoms with Gasteiger partial charge in [0.2, 0.25) is 0 Å². The number of hydrogen-bond acceptors (Lipinski definition) is 5. The Bertz CT molecular complexity index is 367. The van der Waals surface area contributed by atoms with Crippen LogP contribution in [0.25, 0.3) is 0 Å². The molecule has 0 amide bonds. The lowest BCUT2D eigenvalue weighted by Gasteiger charge is -2.11. The first kappa shape index (κ1) is 13.3. The monoisotopic (exact) mass is 239 g/mol. The highest BCUT2D eigenvalue weighted by molar-refractivity contribution is 5.75. The Morgan fingerprint density at radius 3 is 2.71 bits per heavy atom. The standard InChI is InChI=1S/C12H17NO4/c1-15-9-4-3-5-10(8-9)17-7-6-11(13)12(14)16-2/h3-5,8,11H,6-7,13H2,1-2H3. The molecule has 1 aromatic carbocycles. The Hall–Kier alpha value is -1.75. The van der Waals surface area contributed by atoms with E-state index in [0.29, 0.717) is 18.8 Å². The summed E-state index contributed by atoms with van der Waals surface area (Å²) in [5.41, 5.74) is 5.57. The Morgan fingerprint density at radius 1 is 1.35 bits per heavy atom. The zero-order valence-corrected chi connectivity index (χ0v) is 10.0. The molecule has 0 heterocycles. The van der Waals surface area contributed by atoms with Crippen LogP contribution in [0.3, 0.4) is 0 Å². The average Bonchev–Trinajstić information content (AvgIpc) is 2.37. The molecule has 2 N–H and O–H groups in total. The normalized spacial score (nSPS) is 11.7. The lowest BCUT2D eigenvalue weighted by Crippen LogP contribution is -2.33. The predicted molar refractivity (Wildman–Crippen MR) is 63.1 cm³/mol. The van der Waals surface area contributed by atoms with E-state index in [0.717, 1.165) is 5.75 Å². The van der Waals surface area contributed by atoms with Gasteiger partial charge in [0.1, 0.15) is 17.5 Å². The molecule has 0 aliphatic rings. The lowest BCUT2D eigenvalue weighted by atomic mass is 10.2. The van der Waals surface area contributed by atoms with E-state index in [1.54, 1.807) is 13.2 Å². The zero-order valence-electron chi connectivity index (χ0n) is 10.0. The second-order valence-corrected chi connectivity index (χ2v) is 3.45. The smallest absolute Gasteiger partial charge is 0.322 e. The quantitative estimate of drug-likeness (QED) is 0.749. The number of esters is 1.